The molecule has 62 heavy (non-hydrogen) atoms. The highest BCUT2D eigenvalue weighted by Crippen LogP contribution is 2.14. The van der Waals surface area contributed by atoms with E-state index in [-0.39, 0.29) is 31.1 Å². The first-order chi connectivity index (χ1) is 30.5. The Bertz CT molecular complexity index is 1130. The molecule has 0 rings (SSSR count). The van der Waals surface area contributed by atoms with Crippen LogP contribution in [0.25, 0.3) is 0 Å². The van der Waals surface area contributed by atoms with Crippen LogP contribution in [-0.2, 0) is 28.6 Å². The van der Waals surface area contributed by atoms with Crippen LogP contribution in [0.5, 0.6) is 0 Å². The summed E-state index contributed by atoms with van der Waals surface area (Å²) in [5.74, 6) is -0.911. The Morgan fingerprint density at radius 1 is 0.323 bits per heavy atom. The van der Waals surface area contributed by atoms with Gasteiger partial charge in [-0.05, 0) is 89.9 Å². The molecular weight excluding hydrogens is 769 g/mol. The molecule has 1 atom stereocenters. The van der Waals surface area contributed by atoms with Gasteiger partial charge in [0.2, 0.25) is 0 Å². The number of unbranched alkanes of at least 4 members (excludes halogenated alkanes) is 26. The summed E-state index contributed by atoms with van der Waals surface area (Å²) in [4.78, 5) is 37.9. The Hall–Kier alpha value is -2.89. The van der Waals surface area contributed by atoms with E-state index in [0.717, 1.165) is 103 Å². The van der Waals surface area contributed by atoms with Gasteiger partial charge in [0.25, 0.3) is 0 Å². The van der Waals surface area contributed by atoms with Gasteiger partial charge in [0, 0.05) is 19.3 Å². The van der Waals surface area contributed by atoms with Gasteiger partial charge in [-0.25, -0.2) is 0 Å². The first-order valence-corrected chi connectivity index (χ1v) is 26.3. The number of carbonyl (C=O) groups excluding carboxylic acids is 3. The predicted molar refractivity (Wildman–Crippen MR) is 265 cm³/mol. The Morgan fingerprint density at radius 2 is 0.581 bits per heavy atom. The van der Waals surface area contributed by atoms with E-state index in [1.807, 2.05) is 0 Å². The van der Waals surface area contributed by atoms with Gasteiger partial charge in [-0.1, -0.05) is 210 Å². The van der Waals surface area contributed by atoms with E-state index in [1.165, 1.54) is 116 Å². The van der Waals surface area contributed by atoms with E-state index in [0.29, 0.717) is 19.3 Å². The molecule has 0 N–H and O–H groups in total. The van der Waals surface area contributed by atoms with Crippen molar-refractivity contribution in [1.29, 1.82) is 0 Å². The first-order valence-electron chi connectivity index (χ1n) is 26.3. The van der Waals surface area contributed by atoms with Crippen LogP contribution in [0.15, 0.2) is 60.8 Å². The maximum Gasteiger partial charge on any atom is 0.306 e. The van der Waals surface area contributed by atoms with Crippen LogP contribution in [0.2, 0.25) is 0 Å². The van der Waals surface area contributed by atoms with E-state index >= 15 is 0 Å². The molecule has 0 saturated heterocycles. The van der Waals surface area contributed by atoms with Crippen LogP contribution in [0.1, 0.15) is 258 Å². The van der Waals surface area contributed by atoms with Crippen LogP contribution in [0.3, 0.4) is 0 Å². The third-order valence-corrected chi connectivity index (χ3v) is 11.2. The molecule has 0 aromatic heterocycles. The molecule has 6 heteroatoms. The highest BCUT2D eigenvalue weighted by atomic mass is 16.6. The van der Waals surface area contributed by atoms with Crippen LogP contribution in [0, 0.1) is 0 Å². The molecule has 6 nitrogen and oxygen atoms in total. The van der Waals surface area contributed by atoms with Gasteiger partial charge in [-0.15, -0.1) is 0 Å². The fourth-order valence-corrected chi connectivity index (χ4v) is 7.24. The molecule has 0 aliphatic rings. The standard InChI is InChI=1S/C56H98O6/c1-4-7-10-13-16-19-21-23-25-26-27-28-29-30-32-33-35-37-40-43-46-49-55(58)61-52-53(51-60-54(57)48-45-42-39-18-15-12-9-6-3)62-56(59)50-47-44-41-38-36-34-31-24-22-20-17-14-11-8-5-2/h17,20-21,23-24,26-27,29-31,53H,4-16,18-19,22,25,28,32-52H2,1-3H3/b20-17-,23-21-,27-26-,30-29-,31-24-. The lowest BCUT2D eigenvalue weighted by atomic mass is 10.1. The summed E-state index contributed by atoms with van der Waals surface area (Å²) in [5.41, 5.74) is 0. The molecule has 0 radical (unpaired) electrons. The van der Waals surface area contributed by atoms with Gasteiger partial charge < -0.3 is 14.2 Å². The zero-order chi connectivity index (χ0) is 45.1. The fraction of sp³-hybridized carbons (Fsp3) is 0.768. The van der Waals surface area contributed by atoms with Gasteiger partial charge in [0.1, 0.15) is 13.2 Å². The number of hydrogen-bond donors (Lipinski definition) is 0. The zero-order valence-corrected chi connectivity index (χ0v) is 40.9. The minimum atomic E-state index is -0.783. The minimum Gasteiger partial charge on any atom is -0.462 e. The van der Waals surface area contributed by atoms with Crippen molar-refractivity contribution < 1.29 is 28.6 Å². The van der Waals surface area contributed by atoms with Gasteiger partial charge in [-0.2, -0.15) is 0 Å². The highest BCUT2D eigenvalue weighted by Gasteiger charge is 2.19. The smallest absolute Gasteiger partial charge is 0.306 e. The predicted octanol–water partition coefficient (Wildman–Crippen LogP) is 17.3. The van der Waals surface area contributed by atoms with E-state index < -0.39 is 6.10 Å². The Balaban J connectivity index is 4.31. The van der Waals surface area contributed by atoms with Gasteiger partial charge in [-0.3, -0.25) is 14.4 Å². The number of rotatable bonds is 47. The largest absolute Gasteiger partial charge is 0.462 e. The molecule has 0 amide bonds. The van der Waals surface area contributed by atoms with Crippen molar-refractivity contribution in [2.24, 2.45) is 0 Å². The third kappa shape index (κ3) is 48.1. The maximum absolute atomic E-state index is 12.8. The molecule has 358 valence electrons. The van der Waals surface area contributed by atoms with Crippen LogP contribution < -0.4 is 0 Å². The normalized spacial score (nSPS) is 12.5. The Labute approximate surface area is 383 Å². The monoisotopic (exact) mass is 867 g/mol. The zero-order valence-electron chi connectivity index (χ0n) is 40.9. The van der Waals surface area contributed by atoms with E-state index in [4.69, 9.17) is 14.2 Å². The van der Waals surface area contributed by atoms with Crippen molar-refractivity contribution in [2.75, 3.05) is 13.2 Å². The summed E-state index contributed by atoms with van der Waals surface area (Å²) >= 11 is 0. The topological polar surface area (TPSA) is 78.9 Å². The molecule has 0 bridgehead atoms. The number of ether oxygens (including phenoxy) is 3. The van der Waals surface area contributed by atoms with Crippen molar-refractivity contribution in [3.05, 3.63) is 60.8 Å². The molecule has 0 aliphatic heterocycles. The summed E-state index contributed by atoms with van der Waals surface area (Å²) in [6, 6.07) is 0. The van der Waals surface area contributed by atoms with Gasteiger partial charge in [0.05, 0.1) is 0 Å². The van der Waals surface area contributed by atoms with E-state index in [9.17, 15) is 14.4 Å². The quantitative estimate of drug-likeness (QED) is 0.0262. The lowest BCUT2D eigenvalue weighted by Gasteiger charge is -2.18. The first kappa shape index (κ1) is 59.1. The highest BCUT2D eigenvalue weighted by molar-refractivity contribution is 5.71. The van der Waals surface area contributed by atoms with Crippen molar-refractivity contribution in [3.63, 3.8) is 0 Å². The second-order valence-electron chi connectivity index (χ2n) is 17.4. The average Bonchev–Trinajstić information content (AvgIpc) is 3.27. The minimum absolute atomic E-state index is 0.0835. The number of allylic oxidation sites excluding steroid dienone is 10. The summed E-state index contributed by atoms with van der Waals surface area (Å²) in [5, 5.41) is 0. The number of carbonyl (C=O) groups is 3. The molecule has 0 saturated carbocycles. The van der Waals surface area contributed by atoms with Crippen LogP contribution in [-0.4, -0.2) is 37.2 Å². The third-order valence-electron chi connectivity index (χ3n) is 11.2. The molecule has 0 spiro atoms. The van der Waals surface area contributed by atoms with E-state index in [1.54, 1.807) is 0 Å². The number of esters is 3. The van der Waals surface area contributed by atoms with Crippen molar-refractivity contribution in [3.8, 4) is 0 Å². The summed E-state index contributed by atoms with van der Waals surface area (Å²) in [7, 11) is 0. The molecule has 0 heterocycles. The van der Waals surface area contributed by atoms with Crippen LogP contribution in [0.4, 0.5) is 0 Å². The molecular formula is C56H98O6. The molecule has 1 unspecified atom stereocenters. The average molecular weight is 867 g/mol. The Morgan fingerprint density at radius 3 is 0.935 bits per heavy atom. The van der Waals surface area contributed by atoms with Crippen molar-refractivity contribution >= 4 is 17.9 Å². The number of hydrogen-bond acceptors (Lipinski definition) is 6. The lowest BCUT2D eigenvalue weighted by molar-refractivity contribution is -0.167. The van der Waals surface area contributed by atoms with Crippen LogP contribution >= 0.6 is 0 Å². The van der Waals surface area contributed by atoms with E-state index in [2.05, 4.69) is 81.5 Å². The molecule has 0 aromatic carbocycles. The summed E-state index contributed by atoms with van der Waals surface area (Å²) < 4.78 is 16.7. The SMILES string of the molecule is CCCCC/C=C\C/C=C\CCCCCCCC(=O)OC(COC(=O)CCCCCCCC/C=C\C/C=C\C/C=C\CCCCCCC)COC(=O)CCCCCCCCCC. The van der Waals surface area contributed by atoms with Crippen molar-refractivity contribution in [2.45, 2.75) is 264 Å². The van der Waals surface area contributed by atoms with Crippen molar-refractivity contribution in [1.82, 2.24) is 0 Å². The van der Waals surface area contributed by atoms with Gasteiger partial charge >= 0.3 is 17.9 Å². The summed E-state index contributed by atoms with van der Waals surface area (Å²) in [6.45, 7) is 6.55. The second-order valence-corrected chi connectivity index (χ2v) is 17.4. The summed E-state index contributed by atoms with van der Waals surface area (Å²) in [6.07, 6.45) is 62.1. The second kappa shape index (κ2) is 50.8. The molecule has 0 fully saturated rings. The molecule has 0 aliphatic carbocycles. The maximum atomic E-state index is 12.8. The fourth-order valence-electron chi connectivity index (χ4n) is 7.24. The molecule has 0 aromatic rings. The lowest BCUT2D eigenvalue weighted by Crippen LogP contribution is -2.30. The van der Waals surface area contributed by atoms with Gasteiger partial charge in [0.15, 0.2) is 6.10 Å². The Kier molecular flexibility index (Phi) is 48.4.